The van der Waals surface area contributed by atoms with Crippen LogP contribution in [0.2, 0.25) is 0 Å². The van der Waals surface area contributed by atoms with E-state index in [1.165, 1.54) is 7.11 Å². The molecule has 23 heavy (non-hydrogen) atoms. The Balaban J connectivity index is 1.76. The summed E-state index contributed by atoms with van der Waals surface area (Å²) < 4.78 is 4.76. The minimum atomic E-state index is -0.248. The van der Waals surface area contributed by atoms with Crippen LogP contribution in [0.5, 0.6) is 0 Å². The number of nitrogens with zero attached hydrogens (tertiary/aromatic N) is 1. The van der Waals surface area contributed by atoms with Crippen molar-refractivity contribution in [1.29, 1.82) is 0 Å². The molecule has 1 heterocycles. The zero-order valence-corrected chi connectivity index (χ0v) is 13.5. The summed E-state index contributed by atoms with van der Waals surface area (Å²) in [6.07, 6.45) is 2.82. The third-order valence-electron chi connectivity index (χ3n) is 4.20. The molecule has 1 atom stereocenters. The normalized spacial score (nSPS) is 17.6. The van der Waals surface area contributed by atoms with E-state index in [1.54, 1.807) is 17.0 Å². The Morgan fingerprint density at radius 1 is 1.17 bits per heavy atom. The Bertz CT molecular complexity index is 555. The number of amides is 1. The maximum absolute atomic E-state index is 12.2. The Hall–Kier alpha value is -2.17. The molecule has 2 rings (SSSR count). The number of esters is 1. The minimum absolute atomic E-state index is 0.0134. The summed E-state index contributed by atoms with van der Waals surface area (Å²) in [5, 5.41) is 0. The van der Waals surface area contributed by atoms with Crippen LogP contribution in [-0.4, -0.2) is 42.8 Å². The van der Waals surface area contributed by atoms with Gasteiger partial charge in [0.05, 0.1) is 13.0 Å². The first kappa shape index (κ1) is 17.2. The maximum Gasteiger partial charge on any atom is 0.310 e. The fourth-order valence-electron chi connectivity index (χ4n) is 2.89. The van der Waals surface area contributed by atoms with Gasteiger partial charge in [0.1, 0.15) is 0 Å². The number of ketones is 1. The van der Waals surface area contributed by atoms with Crippen molar-refractivity contribution in [2.45, 2.75) is 32.1 Å². The predicted octanol–water partition coefficient (Wildman–Crippen LogP) is 2.45. The van der Waals surface area contributed by atoms with Crippen molar-refractivity contribution < 1.29 is 19.1 Å². The van der Waals surface area contributed by atoms with E-state index in [1.807, 2.05) is 18.2 Å². The zero-order valence-electron chi connectivity index (χ0n) is 13.5. The number of methoxy groups -OCH3 is 1. The lowest BCUT2D eigenvalue weighted by atomic mass is 9.97. The van der Waals surface area contributed by atoms with Crippen molar-refractivity contribution in [3.05, 3.63) is 35.9 Å². The van der Waals surface area contributed by atoms with Gasteiger partial charge in [-0.15, -0.1) is 0 Å². The molecule has 0 N–H and O–H groups in total. The van der Waals surface area contributed by atoms with Gasteiger partial charge in [-0.2, -0.15) is 0 Å². The number of piperidine rings is 1. The predicted molar refractivity (Wildman–Crippen MR) is 85.9 cm³/mol. The molecule has 1 amide bonds. The lowest BCUT2D eigenvalue weighted by Crippen LogP contribution is -2.42. The molecular weight excluding hydrogens is 294 g/mol. The number of Topliss-reactive ketones (excluding diaryl/α,β-unsaturated/α-hetero) is 1. The third-order valence-corrected chi connectivity index (χ3v) is 4.20. The van der Waals surface area contributed by atoms with E-state index in [2.05, 4.69) is 0 Å². The smallest absolute Gasteiger partial charge is 0.310 e. The SMILES string of the molecule is COC(=O)C1CCCN(C(=O)CCCC(=O)c2ccccc2)C1. The van der Waals surface area contributed by atoms with E-state index in [0.717, 1.165) is 12.8 Å². The van der Waals surface area contributed by atoms with Crippen LogP contribution in [-0.2, 0) is 14.3 Å². The second-order valence-electron chi connectivity index (χ2n) is 5.84. The van der Waals surface area contributed by atoms with Crippen molar-refractivity contribution in [2.75, 3.05) is 20.2 Å². The van der Waals surface area contributed by atoms with Crippen LogP contribution in [0.25, 0.3) is 0 Å². The summed E-state index contributed by atoms with van der Waals surface area (Å²) in [6.45, 7) is 1.11. The minimum Gasteiger partial charge on any atom is -0.469 e. The Morgan fingerprint density at radius 3 is 2.61 bits per heavy atom. The van der Waals surface area contributed by atoms with Gasteiger partial charge in [-0.1, -0.05) is 30.3 Å². The largest absolute Gasteiger partial charge is 0.469 e. The highest BCUT2D eigenvalue weighted by atomic mass is 16.5. The first-order valence-electron chi connectivity index (χ1n) is 8.05. The van der Waals surface area contributed by atoms with Crippen LogP contribution in [0.1, 0.15) is 42.5 Å². The Labute approximate surface area is 136 Å². The molecule has 1 aliphatic rings. The maximum atomic E-state index is 12.2. The van der Waals surface area contributed by atoms with Gasteiger partial charge in [0, 0.05) is 31.5 Å². The van der Waals surface area contributed by atoms with Gasteiger partial charge in [-0.3, -0.25) is 14.4 Å². The molecule has 124 valence electrons. The van der Waals surface area contributed by atoms with Crippen molar-refractivity contribution in [3.8, 4) is 0 Å². The Kier molecular flexibility index (Phi) is 6.32. The van der Waals surface area contributed by atoms with Crippen LogP contribution in [0.4, 0.5) is 0 Å². The van der Waals surface area contributed by atoms with Crippen LogP contribution in [0.15, 0.2) is 30.3 Å². The highest BCUT2D eigenvalue weighted by Gasteiger charge is 2.28. The number of carbonyl (C=O) groups excluding carboxylic acids is 3. The summed E-state index contributed by atoms with van der Waals surface area (Å²) in [7, 11) is 1.37. The number of hydrogen-bond acceptors (Lipinski definition) is 4. The third kappa shape index (κ3) is 4.91. The van der Waals surface area contributed by atoms with E-state index >= 15 is 0 Å². The molecule has 0 aliphatic carbocycles. The molecule has 0 saturated carbocycles. The molecule has 1 unspecified atom stereocenters. The van der Waals surface area contributed by atoms with Crippen LogP contribution in [0.3, 0.4) is 0 Å². The number of carbonyl (C=O) groups is 3. The summed E-state index contributed by atoms with van der Waals surface area (Å²) >= 11 is 0. The van der Waals surface area contributed by atoms with Crippen LogP contribution in [0, 0.1) is 5.92 Å². The second-order valence-corrected chi connectivity index (χ2v) is 5.84. The van der Waals surface area contributed by atoms with Crippen molar-refractivity contribution in [3.63, 3.8) is 0 Å². The van der Waals surface area contributed by atoms with Gasteiger partial charge in [-0.25, -0.2) is 0 Å². The molecule has 5 heteroatoms. The molecule has 0 radical (unpaired) electrons. The summed E-state index contributed by atoms with van der Waals surface area (Å²) in [4.78, 5) is 37.5. The van der Waals surface area contributed by atoms with Crippen molar-refractivity contribution in [1.82, 2.24) is 4.90 Å². The van der Waals surface area contributed by atoms with E-state index in [0.29, 0.717) is 37.9 Å². The highest BCUT2D eigenvalue weighted by Crippen LogP contribution is 2.19. The van der Waals surface area contributed by atoms with Gasteiger partial charge in [0.15, 0.2) is 5.78 Å². The van der Waals surface area contributed by atoms with E-state index in [9.17, 15) is 14.4 Å². The van der Waals surface area contributed by atoms with E-state index in [-0.39, 0.29) is 23.6 Å². The quantitative estimate of drug-likeness (QED) is 0.597. The second kappa shape index (κ2) is 8.46. The number of hydrogen-bond donors (Lipinski definition) is 0. The lowest BCUT2D eigenvalue weighted by molar-refractivity contribution is -0.149. The first-order valence-corrected chi connectivity index (χ1v) is 8.05. The molecule has 5 nitrogen and oxygen atoms in total. The average Bonchev–Trinajstić information content (AvgIpc) is 2.61. The molecule has 1 aromatic carbocycles. The molecule has 1 saturated heterocycles. The van der Waals surface area contributed by atoms with Gasteiger partial charge in [0.2, 0.25) is 5.91 Å². The first-order chi connectivity index (χ1) is 11.1. The van der Waals surface area contributed by atoms with E-state index in [4.69, 9.17) is 4.74 Å². The molecule has 0 bridgehead atoms. The molecular formula is C18H23NO4. The van der Waals surface area contributed by atoms with Crippen LogP contribution < -0.4 is 0 Å². The van der Waals surface area contributed by atoms with Crippen LogP contribution >= 0.6 is 0 Å². The summed E-state index contributed by atoms with van der Waals surface area (Å²) in [5.41, 5.74) is 0.684. The number of ether oxygens (including phenoxy) is 1. The summed E-state index contributed by atoms with van der Waals surface area (Å²) in [6, 6.07) is 9.11. The van der Waals surface area contributed by atoms with Crippen molar-refractivity contribution in [2.24, 2.45) is 5.92 Å². The summed E-state index contributed by atoms with van der Waals surface area (Å²) in [5.74, 6) is -0.394. The standard InChI is InChI=1S/C18H23NO4/c1-23-18(22)15-9-6-12-19(13-15)17(21)11-5-10-16(20)14-7-3-2-4-8-14/h2-4,7-8,15H,5-6,9-13H2,1H3. The molecule has 0 spiro atoms. The lowest BCUT2D eigenvalue weighted by Gasteiger charge is -2.31. The van der Waals surface area contributed by atoms with Gasteiger partial charge < -0.3 is 9.64 Å². The van der Waals surface area contributed by atoms with Gasteiger partial charge in [0.25, 0.3) is 0 Å². The molecule has 1 aliphatic heterocycles. The fourth-order valence-corrected chi connectivity index (χ4v) is 2.89. The average molecular weight is 317 g/mol. The van der Waals surface area contributed by atoms with Crippen molar-refractivity contribution >= 4 is 17.7 Å². The fraction of sp³-hybridized carbons (Fsp3) is 0.500. The molecule has 0 aromatic heterocycles. The zero-order chi connectivity index (χ0) is 16.7. The number of benzene rings is 1. The molecule has 1 aromatic rings. The topological polar surface area (TPSA) is 63.7 Å². The number of likely N-dealkylation sites (tertiary alicyclic amines) is 1. The highest BCUT2D eigenvalue weighted by molar-refractivity contribution is 5.96. The monoisotopic (exact) mass is 317 g/mol. The number of rotatable bonds is 6. The van der Waals surface area contributed by atoms with E-state index < -0.39 is 0 Å². The van der Waals surface area contributed by atoms with Gasteiger partial charge in [-0.05, 0) is 19.3 Å². The van der Waals surface area contributed by atoms with Gasteiger partial charge >= 0.3 is 5.97 Å². The Morgan fingerprint density at radius 2 is 1.91 bits per heavy atom. The molecule has 1 fully saturated rings.